The van der Waals surface area contributed by atoms with E-state index in [1.54, 1.807) is 11.0 Å². The second kappa shape index (κ2) is 12.5. The van der Waals surface area contributed by atoms with Crippen molar-refractivity contribution in [2.45, 2.75) is 57.5 Å². The number of piperidine rings is 1. The Balaban J connectivity index is 1.32. The van der Waals surface area contributed by atoms with Gasteiger partial charge < -0.3 is 30.5 Å². The summed E-state index contributed by atoms with van der Waals surface area (Å²) in [7, 11) is 3.99. The molecule has 2 aromatic heterocycles. The van der Waals surface area contributed by atoms with Crippen molar-refractivity contribution in [1.29, 1.82) is 5.26 Å². The minimum Gasteiger partial charge on any atom is -0.389 e. The number of rotatable bonds is 5. The van der Waals surface area contributed by atoms with E-state index in [0.29, 0.717) is 69.1 Å². The Morgan fingerprint density at radius 3 is 2.63 bits per heavy atom. The van der Waals surface area contributed by atoms with Gasteiger partial charge >= 0.3 is 0 Å². The molecule has 3 N–H and O–H groups in total. The van der Waals surface area contributed by atoms with Crippen LogP contribution in [-0.2, 0) is 22.7 Å². The first-order valence-corrected chi connectivity index (χ1v) is 18.1. The summed E-state index contributed by atoms with van der Waals surface area (Å²) in [6.07, 6.45) is 2.55. The highest BCUT2D eigenvalue weighted by molar-refractivity contribution is 7.23. The molecule has 4 aliphatic heterocycles. The number of piperazine rings is 1. The SMILES string of the molecule is C[C@H]1[C@@H](N2CCN(C)CC2)CCN1c1nc(N[C@@H]2CCCN(C)C2=O)c2c3c(c(-c4ccc(F)c5sc(N)c(C#N)c45)c(Cl)c2n1)COC3. The normalized spacial score (nSPS) is 23.5. The molecule has 3 atom stereocenters. The van der Waals surface area contributed by atoms with Crippen LogP contribution in [0.4, 0.5) is 21.2 Å². The lowest BCUT2D eigenvalue weighted by molar-refractivity contribution is -0.132. The number of hydrogen-bond donors (Lipinski definition) is 2. The number of carbonyl (C=O) groups is 1. The van der Waals surface area contributed by atoms with Gasteiger partial charge in [0.1, 0.15) is 28.7 Å². The number of hydrogen-bond acceptors (Lipinski definition) is 11. The van der Waals surface area contributed by atoms with Crippen molar-refractivity contribution in [1.82, 2.24) is 24.7 Å². The molecular formula is C35H39ClFN9O2S. The number of nitrogen functional groups attached to an aromatic ring is 1. The van der Waals surface area contributed by atoms with Crippen molar-refractivity contribution >= 4 is 66.6 Å². The fourth-order valence-electron chi connectivity index (χ4n) is 8.22. The first-order chi connectivity index (χ1) is 23.7. The number of nitrogens with two attached hydrogens (primary N) is 1. The van der Waals surface area contributed by atoms with Crippen LogP contribution in [-0.4, -0.2) is 102 Å². The summed E-state index contributed by atoms with van der Waals surface area (Å²) in [5.74, 6) is 0.676. The van der Waals surface area contributed by atoms with E-state index in [4.69, 9.17) is 32.0 Å². The number of nitrogens with one attached hydrogen (secondary N) is 1. The van der Waals surface area contributed by atoms with E-state index < -0.39 is 11.9 Å². The number of anilines is 3. The van der Waals surface area contributed by atoms with Gasteiger partial charge in [-0.15, -0.1) is 11.3 Å². The van der Waals surface area contributed by atoms with Gasteiger partial charge in [0.05, 0.1) is 39.4 Å². The first-order valence-electron chi connectivity index (χ1n) is 16.9. The molecular weight excluding hydrogens is 665 g/mol. The van der Waals surface area contributed by atoms with Crippen LogP contribution in [0.25, 0.3) is 32.1 Å². The van der Waals surface area contributed by atoms with Crippen molar-refractivity contribution in [3.05, 3.63) is 39.7 Å². The molecule has 3 fully saturated rings. The molecule has 1 amide bonds. The molecule has 11 nitrogen and oxygen atoms in total. The topological polar surface area (TPSA) is 127 Å². The fourth-order valence-corrected chi connectivity index (χ4v) is 9.52. The smallest absolute Gasteiger partial charge is 0.244 e. The van der Waals surface area contributed by atoms with Gasteiger partial charge in [-0.3, -0.25) is 9.69 Å². The standard InChI is InChI=1S/C35H39ClFN9O2S/c1-18-25(45-13-11-43(2)12-14-45)8-10-46(18)35-41-30-28(33(42-35)40-24-5-4-9-44(3)34(24)47)22-17-48-16-21(22)26(29(30)36)19-6-7-23(37)31-27(19)20(15-38)32(39)49-31/h6-7,18,24-25H,4-5,8-14,16-17,39H2,1-3H3,(H,40,41,42)/t18-,24+,25-/m0/s1. The van der Waals surface area contributed by atoms with Crippen molar-refractivity contribution in [3.63, 3.8) is 0 Å². The number of likely N-dealkylation sites (N-methyl/N-ethyl adjacent to an activating group) is 2. The van der Waals surface area contributed by atoms with E-state index in [-0.39, 0.29) is 29.1 Å². The summed E-state index contributed by atoms with van der Waals surface area (Å²) in [5, 5.41) is 15.4. The van der Waals surface area contributed by atoms with Crippen molar-refractivity contribution in [2.24, 2.45) is 0 Å². The Morgan fingerprint density at radius 1 is 1.08 bits per heavy atom. The Labute approximate surface area is 293 Å². The fraction of sp³-hybridized carbons (Fsp3) is 0.486. The number of halogens is 2. The minimum absolute atomic E-state index is 0.0210. The van der Waals surface area contributed by atoms with Crippen molar-refractivity contribution in [2.75, 3.05) is 69.3 Å². The van der Waals surface area contributed by atoms with Gasteiger partial charge in [0.15, 0.2) is 0 Å². The van der Waals surface area contributed by atoms with Crippen molar-refractivity contribution in [3.8, 4) is 17.2 Å². The van der Waals surface area contributed by atoms with Crippen LogP contribution in [0.1, 0.15) is 42.9 Å². The zero-order valence-electron chi connectivity index (χ0n) is 27.9. The highest BCUT2D eigenvalue weighted by Crippen LogP contribution is 2.49. The molecule has 0 spiro atoms. The van der Waals surface area contributed by atoms with Gasteiger partial charge in [0.2, 0.25) is 11.9 Å². The summed E-state index contributed by atoms with van der Waals surface area (Å²) in [5.41, 5.74) is 9.93. The summed E-state index contributed by atoms with van der Waals surface area (Å²) in [6.45, 7) is 8.42. The van der Waals surface area contributed by atoms with Crippen molar-refractivity contribution < 1.29 is 13.9 Å². The number of nitriles is 1. The van der Waals surface area contributed by atoms with E-state index in [1.165, 1.54) is 6.07 Å². The maximum absolute atomic E-state index is 15.1. The van der Waals surface area contributed by atoms with Gasteiger partial charge in [0, 0.05) is 69.3 Å². The van der Waals surface area contributed by atoms with Gasteiger partial charge in [-0.25, -0.2) is 9.37 Å². The molecule has 0 radical (unpaired) electrons. The number of nitrogens with zero attached hydrogens (tertiary/aromatic N) is 7. The molecule has 0 aliphatic carbocycles. The first kappa shape index (κ1) is 32.4. The molecule has 0 unspecified atom stereocenters. The quantitative estimate of drug-likeness (QED) is 0.292. The molecule has 4 aromatic rings. The molecule has 0 saturated carbocycles. The molecule has 6 heterocycles. The Morgan fingerprint density at radius 2 is 1.86 bits per heavy atom. The lowest BCUT2D eigenvalue weighted by Gasteiger charge is -2.39. The second-order valence-corrected chi connectivity index (χ2v) is 15.1. The highest BCUT2D eigenvalue weighted by Gasteiger charge is 2.39. The van der Waals surface area contributed by atoms with Crippen LogP contribution >= 0.6 is 22.9 Å². The summed E-state index contributed by atoms with van der Waals surface area (Å²) < 4.78 is 21.5. The Kier molecular flexibility index (Phi) is 8.27. The van der Waals surface area contributed by atoms with Crippen LogP contribution in [0.5, 0.6) is 0 Å². The molecule has 3 saturated heterocycles. The third-order valence-corrected chi connectivity index (χ3v) is 12.3. The number of likely N-dealkylation sites (tertiary alicyclic amines) is 1. The molecule has 0 bridgehead atoms. The molecule has 8 rings (SSSR count). The lowest BCUT2D eigenvalue weighted by Crippen LogP contribution is -2.52. The van der Waals surface area contributed by atoms with E-state index in [2.05, 4.69) is 40.1 Å². The van der Waals surface area contributed by atoms with Crippen LogP contribution in [0.15, 0.2) is 12.1 Å². The summed E-state index contributed by atoms with van der Waals surface area (Å²) >= 11 is 8.52. The predicted molar refractivity (Wildman–Crippen MR) is 192 cm³/mol. The van der Waals surface area contributed by atoms with Crippen LogP contribution in [0.3, 0.4) is 0 Å². The summed E-state index contributed by atoms with van der Waals surface area (Å²) in [6, 6.07) is 5.31. The third-order valence-electron chi connectivity index (χ3n) is 10.9. The second-order valence-electron chi connectivity index (χ2n) is 13.7. The molecule has 2 aromatic carbocycles. The maximum atomic E-state index is 15.1. The molecule has 256 valence electrons. The minimum atomic E-state index is -0.446. The van der Waals surface area contributed by atoms with Gasteiger partial charge in [-0.1, -0.05) is 17.7 Å². The average Bonchev–Trinajstić information content (AvgIpc) is 3.81. The number of amides is 1. The van der Waals surface area contributed by atoms with Crippen LogP contribution < -0.4 is 16.0 Å². The largest absolute Gasteiger partial charge is 0.389 e. The van der Waals surface area contributed by atoms with Crippen LogP contribution in [0, 0.1) is 17.1 Å². The predicted octanol–water partition coefficient (Wildman–Crippen LogP) is 5.04. The number of fused-ring (bicyclic) bond motifs is 4. The third kappa shape index (κ3) is 5.27. The highest BCUT2D eigenvalue weighted by atomic mass is 35.5. The molecule has 14 heteroatoms. The van der Waals surface area contributed by atoms with E-state index in [1.807, 2.05) is 7.05 Å². The van der Waals surface area contributed by atoms with Gasteiger partial charge in [-0.05, 0) is 56.0 Å². The monoisotopic (exact) mass is 703 g/mol. The van der Waals surface area contributed by atoms with E-state index in [0.717, 1.165) is 73.4 Å². The van der Waals surface area contributed by atoms with Gasteiger partial charge in [0.25, 0.3) is 0 Å². The molecule has 49 heavy (non-hydrogen) atoms. The summed E-state index contributed by atoms with van der Waals surface area (Å²) in [4.78, 5) is 32.7. The average molecular weight is 704 g/mol. The zero-order chi connectivity index (χ0) is 34.1. The number of thiophene rings is 1. The Hall–Kier alpha value is -3.80. The van der Waals surface area contributed by atoms with E-state index >= 15 is 4.39 Å². The zero-order valence-corrected chi connectivity index (χ0v) is 29.4. The van der Waals surface area contributed by atoms with Gasteiger partial charge in [-0.2, -0.15) is 10.2 Å². The molecule has 4 aliphatic rings. The van der Waals surface area contributed by atoms with E-state index in [9.17, 15) is 10.1 Å². The maximum Gasteiger partial charge on any atom is 0.244 e. The Bertz CT molecular complexity index is 2040. The lowest BCUT2D eigenvalue weighted by atomic mass is 9.91. The van der Waals surface area contributed by atoms with Crippen LogP contribution in [0.2, 0.25) is 5.02 Å². The number of carbonyl (C=O) groups excluding carboxylic acids is 1. The number of aromatic nitrogens is 2. The number of benzene rings is 2. The number of ether oxygens (including phenoxy) is 1.